The van der Waals surface area contributed by atoms with Gasteiger partial charge in [0.2, 0.25) is 0 Å². The molecule has 1 rings (SSSR count). The third-order valence-electron chi connectivity index (χ3n) is 1.18. The summed E-state index contributed by atoms with van der Waals surface area (Å²) in [6, 6.07) is 7.81. The van der Waals surface area contributed by atoms with Crippen LogP contribution < -0.4 is 0 Å². The minimum atomic E-state index is -3.60. The maximum Gasteiger partial charge on any atom is 0.510 e. The molecule has 0 saturated heterocycles. The first-order valence-electron chi connectivity index (χ1n) is 2.89. The number of benzene rings is 1. The predicted molar refractivity (Wildman–Crippen MR) is 41.9 cm³/mol. The SMILES string of the molecule is C#[N+]S(=O)(=O)c1ccccc1. The van der Waals surface area contributed by atoms with Crippen LogP contribution in [-0.2, 0) is 10.0 Å². The Hall–Kier alpha value is -1.34. The van der Waals surface area contributed by atoms with E-state index in [9.17, 15) is 8.42 Å². The van der Waals surface area contributed by atoms with E-state index in [-0.39, 0.29) is 4.90 Å². The third kappa shape index (κ3) is 1.57. The van der Waals surface area contributed by atoms with Gasteiger partial charge < -0.3 is 0 Å². The van der Waals surface area contributed by atoms with Gasteiger partial charge >= 0.3 is 10.0 Å². The lowest BCUT2D eigenvalue weighted by Crippen LogP contribution is -1.91. The lowest BCUT2D eigenvalue weighted by atomic mass is 10.4. The number of nitrogens with zero attached hydrogens (tertiary/aromatic N) is 1. The fraction of sp³-hybridized carbons (Fsp3) is 0. The highest BCUT2D eigenvalue weighted by Gasteiger charge is 2.20. The second-order valence-corrected chi connectivity index (χ2v) is 3.53. The minimum absolute atomic E-state index is 0.113. The molecule has 0 radical (unpaired) electrons. The van der Waals surface area contributed by atoms with Crippen molar-refractivity contribution < 1.29 is 8.42 Å². The monoisotopic (exact) mass is 168 g/mol. The molecule has 0 aliphatic heterocycles. The molecule has 11 heavy (non-hydrogen) atoms. The summed E-state index contributed by atoms with van der Waals surface area (Å²) >= 11 is 0. The highest BCUT2D eigenvalue weighted by atomic mass is 32.2. The van der Waals surface area contributed by atoms with Gasteiger partial charge in [0.05, 0.1) is 4.25 Å². The van der Waals surface area contributed by atoms with Crippen molar-refractivity contribution >= 4 is 10.0 Å². The van der Waals surface area contributed by atoms with Crippen molar-refractivity contribution in [1.29, 1.82) is 0 Å². The second-order valence-electron chi connectivity index (χ2n) is 1.89. The smallest absolute Gasteiger partial charge is 0.143 e. The van der Waals surface area contributed by atoms with Crippen LogP contribution in [0, 0.1) is 6.57 Å². The Kier molecular flexibility index (Phi) is 1.92. The van der Waals surface area contributed by atoms with E-state index >= 15 is 0 Å². The molecule has 1 aromatic rings. The van der Waals surface area contributed by atoms with Crippen molar-refractivity contribution in [2.45, 2.75) is 4.90 Å². The van der Waals surface area contributed by atoms with E-state index in [0.717, 1.165) is 0 Å². The van der Waals surface area contributed by atoms with Crippen LogP contribution in [0.5, 0.6) is 0 Å². The zero-order valence-electron chi connectivity index (χ0n) is 5.64. The summed E-state index contributed by atoms with van der Waals surface area (Å²) < 4.78 is 24.6. The standard InChI is InChI=1S/C7H6NO2S/c1-8-11(9,10)7-5-3-2-4-6-7/h1-6H/q+1. The summed E-state index contributed by atoms with van der Waals surface area (Å²) in [5.41, 5.74) is 0. The topological polar surface area (TPSA) is 38.5 Å². The zero-order chi connectivity index (χ0) is 8.32. The van der Waals surface area contributed by atoms with Crippen LogP contribution in [0.1, 0.15) is 0 Å². The molecule has 0 fully saturated rings. The number of sulfonamides is 1. The summed E-state index contributed by atoms with van der Waals surface area (Å²) in [5, 5.41) is 0. The maximum absolute atomic E-state index is 10.9. The van der Waals surface area contributed by atoms with Crippen molar-refractivity contribution in [2.24, 2.45) is 0 Å². The van der Waals surface area contributed by atoms with Gasteiger partial charge in [0.25, 0.3) is 6.57 Å². The molecule has 0 aliphatic rings. The van der Waals surface area contributed by atoms with E-state index in [1.165, 1.54) is 12.1 Å². The first kappa shape index (κ1) is 7.76. The molecule has 0 atom stereocenters. The van der Waals surface area contributed by atoms with Crippen molar-refractivity contribution in [3.8, 4) is 6.57 Å². The lowest BCUT2D eigenvalue weighted by molar-refractivity contribution is 0.604. The molecule has 1 aromatic carbocycles. The number of hydrogen-bond acceptors (Lipinski definition) is 2. The Labute approximate surface area is 65.2 Å². The van der Waals surface area contributed by atoms with Gasteiger partial charge in [0.15, 0.2) is 4.90 Å². The average Bonchev–Trinajstić information content (AvgIpc) is 2.06. The van der Waals surface area contributed by atoms with E-state index in [0.29, 0.717) is 0 Å². The molecule has 0 spiro atoms. The molecule has 0 aromatic heterocycles. The van der Waals surface area contributed by atoms with E-state index in [1.54, 1.807) is 18.2 Å². The highest BCUT2D eigenvalue weighted by molar-refractivity contribution is 7.93. The average molecular weight is 168 g/mol. The molecule has 0 heterocycles. The molecule has 3 nitrogen and oxygen atoms in total. The van der Waals surface area contributed by atoms with E-state index < -0.39 is 10.0 Å². The van der Waals surface area contributed by atoms with Gasteiger partial charge in [-0.05, 0) is 12.1 Å². The molecule has 0 amide bonds. The van der Waals surface area contributed by atoms with Crippen molar-refractivity contribution in [2.75, 3.05) is 0 Å². The fourth-order valence-electron chi connectivity index (χ4n) is 0.653. The Morgan fingerprint density at radius 3 is 2.18 bits per heavy atom. The number of hydrogen-bond donors (Lipinski definition) is 0. The van der Waals surface area contributed by atoms with Crippen LogP contribution in [0.3, 0.4) is 0 Å². The lowest BCUT2D eigenvalue weighted by Gasteiger charge is -1.84. The van der Waals surface area contributed by atoms with Gasteiger partial charge in [0, 0.05) is 0 Å². The van der Waals surface area contributed by atoms with E-state index in [1.807, 2.05) is 0 Å². The number of rotatable bonds is 1. The second kappa shape index (κ2) is 2.72. The van der Waals surface area contributed by atoms with Gasteiger partial charge in [-0.1, -0.05) is 18.2 Å². The quantitative estimate of drug-likeness (QED) is 0.634. The fourth-order valence-corrected chi connectivity index (χ4v) is 1.28. The zero-order valence-corrected chi connectivity index (χ0v) is 6.45. The van der Waals surface area contributed by atoms with E-state index in [4.69, 9.17) is 0 Å². The van der Waals surface area contributed by atoms with Crippen molar-refractivity contribution in [3.05, 3.63) is 34.6 Å². The van der Waals surface area contributed by atoms with Crippen LogP contribution in [0.15, 0.2) is 35.2 Å². The molecule has 0 bridgehead atoms. The van der Waals surface area contributed by atoms with E-state index in [2.05, 4.69) is 10.8 Å². The summed E-state index contributed by atoms with van der Waals surface area (Å²) in [6.07, 6.45) is 0. The highest BCUT2D eigenvalue weighted by Crippen LogP contribution is 2.09. The minimum Gasteiger partial charge on any atom is -0.143 e. The van der Waals surface area contributed by atoms with Crippen LogP contribution in [0.4, 0.5) is 0 Å². The summed E-state index contributed by atoms with van der Waals surface area (Å²) in [5.74, 6) is 0. The molecule has 4 heteroatoms. The van der Waals surface area contributed by atoms with Gasteiger partial charge in [0.1, 0.15) is 0 Å². The molecule has 0 aliphatic carbocycles. The summed E-state index contributed by atoms with van der Waals surface area (Å²) in [6.45, 7) is 4.68. The van der Waals surface area contributed by atoms with Gasteiger partial charge in [-0.2, -0.15) is 0 Å². The Bertz CT molecular complexity index is 375. The van der Waals surface area contributed by atoms with Crippen LogP contribution in [-0.4, -0.2) is 8.42 Å². The van der Waals surface area contributed by atoms with Gasteiger partial charge in [-0.3, -0.25) is 0 Å². The Morgan fingerprint density at radius 2 is 1.73 bits per heavy atom. The molecule has 56 valence electrons. The van der Waals surface area contributed by atoms with Gasteiger partial charge in [-0.25, -0.2) is 0 Å². The van der Waals surface area contributed by atoms with Crippen molar-refractivity contribution in [1.82, 2.24) is 0 Å². The molecule has 0 saturated carbocycles. The van der Waals surface area contributed by atoms with Crippen LogP contribution in [0.25, 0.3) is 4.25 Å². The van der Waals surface area contributed by atoms with Crippen molar-refractivity contribution in [3.63, 3.8) is 0 Å². The first-order chi connectivity index (χ1) is 5.17. The normalized spacial score (nSPS) is 10.5. The third-order valence-corrected chi connectivity index (χ3v) is 2.33. The summed E-state index contributed by atoms with van der Waals surface area (Å²) in [7, 11) is -3.60. The van der Waals surface area contributed by atoms with Crippen LogP contribution >= 0.6 is 0 Å². The van der Waals surface area contributed by atoms with Gasteiger partial charge in [-0.15, -0.1) is 8.42 Å². The summed E-state index contributed by atoms with van der Waals surface area (Å²) in [4.78, 5) is 0.113. The largest absolute Gasteiger partial charge is 0.510 e. The molecule has 0 N–H and O–H groups in total. The maximum atomic E-state index is 10.9. The molecule has 0 unspecified atom stereocenters. The predicted octanol–water partition coefficient (Wildman–Crippen LogP) is 1.34. The first-order valence-corrected chi connectivity index (χ1v) is 4.33. The molecular formula is C7H6NO2S+. The Morgan fingerprint density at radius 1 is 1.18 bits per heavy atom. The molecular weight excluding hydrogens is 162 g/mol. The van der Waals surface area contributed by atoms with Crippen LogP contribution in [0.2, 0.25) is 0 Å². The Balaban J connectivity index is 3.28.